The summed E-state index contributed by atoms with van der Waals surface area (Å²) in [5.74, 6) is 0. The highest BCUT2D eigenvalue weighted by Gasteiger charge is 2.28. The third kappa shape index (κ3) is 2.86. The summed E-state index contributed by atoms with van der Waals surface area (Å²) in [6.45, 7) is 0.594. The minimum absolute atomic E-state index is 0.191. The van der Waals surface area contributed by atoms with Crippen LogP contribution in [0.5, 0.6) is 0 Å². The van der Waals surface area contributed by atoms with E-state index in [1.54, 1.807) is 0 Å². The Morgan fingerprint density at radius 3 is 2.73 bits per heavy atom. The van der Waals surface area contributed by atoms with Gasteiger partial charge in [-0.25, -0.2) is 0 Å². The summed E-state index contributed by atoms with van der Waals surface area (Å²) in [5, 5.41) is 10.7. The predicted octanol–water partition coefficient (Wildman–Crippen LogP) is 0.872. The Kier molecular flexibility index (Phi) is 3.48. The third-order valence-corrected chi connectivity index (χ3v) is 4.73. The smallest absolute Gasteiger partial charge is 0.307 e. The topological polar surface area (TPSA) is 81.8 Å². The van der Waals surface area contributed by atoms with Crippen molar-refractivity contribution < 1.29 is 21.6 Å². The number of aromatic nitrogens is 4. The van der Waals surface area contributed by atoms with Crippen LogP contribution in [-0.4, -0.2) is 33.6 Å². The molecule has 0 aromatic carbocycles. The third-order valence-electron chi connectivity index (χ3n) is 3.24. The van der Waals surface area contributed by atoms with E-state index in [2.05, 4.69) is 15.5 Å². The number of fused-ring (bicyclic) bond motifs is 1. The van der Waals surface area contributed by atoms with Gasteiger partial charge < -0.3 is 5.32 Å². The van der Waals surface area contributed by atoms with E-state index in [0.29, 0.717) is 18.8 Å². The van der Waals surface area contributed by atoms with Crippen molar-refractivity contribution in [1.82, 2.24) is 24.3 Å². The summed E-state index contributed by atoms with van der Waals surface area (Å²) in [7, 11) is -3.94. The average molecular weight is 335 g/mol. The number of halogens is 3. The minimum atomic E-state index is -4.32. The van der Waals surface area contributed by atoms with E-state index in [1.165, 1.54) is 6.20 Å². The summed E-state index contributed by atoms with van der Waals surface area (Å²) in [5.41, 5.74) is 1.43. The van der Waals surface area contributed by atoms with E-state index in [9.17, 15) is 21.6 Å². The number of hydrogen-bond acceptors (Lipinski definition) is 5. The fourth-order valence-electron chi connectivity index (χ4n) is 2.10. The lowest BCUT2D eigenvalue weighted by Gasteiger charge is -2.05. The zero-order valence-corrected chi connectivity index (χ0v) is 12.0. The van der Waals surface area contributed by atoms with Gasteiger partial charge in [-0.2, -0.15) is 35.9 Å². The molecule has 0 unspecified atom stereocenters. The molecule has 1 N–H and O–H groups in total. The van der Waals surface area contributed by atoms with Gasteiger partial charge in [0.1, 0.15) is 4.90 Å². The maximum absolute atomic E-state index is 12.4. The zero-order valence-electron chi connectivity index (χ0n) is 11.2. The minimum Gasteiger partial charge on any atom is -0.307 e. The first kappa shape index (κ1) is 15.0. The van der Waals surface area contributed by atoms with Crippen LogP contribution in [0, 0.1) is 0 Å². The quantitative estimate of drug-likeness (QED) is 0.897. The molecule has 3 heterocycles. The molecule has 0 saturated carbocycles. The monoisotopic (exact) mass is 335 g/mol. The van der Waals surface area contributed by atoms with Crippen LogP contribution in [0.3, 0.4) is 0 Å². The molecular weight excluding hydrogens is 323 g/mol. The molecule has 22 heavy (non-hydrogen) atoms. The molecule has 0 radical (unpaired) electrons. The van der Waals surface area contributed by atoms with E-state index in [0.717, 1.165) is 26.7 Å². The number of hydrogen-bond donors (Lipinski definition) is 1. The normalized spacial score (nSPS) is 15.2. The van der Waals surface area contributed by atoms with Crippen molar-refractivity contribution >= 4 is 10.0 Å². The lowest BCUT2D eigenvalue weighted by Crippen LogP contribution is -2.15. The van der Waals surface area contributed by atoms with Crippen LogP contribution in [0.2, 0.25) is 0 Å². The van der Waals surface area contributed by atoms with Crippen molar-refractivity contribution in [2.75, 3.05) is 0 Å². The van der Waals surface area contributed by atoms with E-state index in [4.69, 9.17) is 0 Å². The van der Waals surface area contributed by atoms with Crippen molar-refractivity contribution in [2.24, 2.45) is 0 Å². The van der Waals surface area contributed by atoms with Gasteiger partial charge in [-0.15, -0.1) is 0 Å². The highest BCUT2D eigenvalue weighted by molar-refractivity contribution is 7.89. The highest BCUT2D eigenvalue weighted by Crippen LogP contribution is 2.21. The SMILES string of the molecule is O=S(=O)(c1cnn(CCC(F)(F)F)c1)n1cc2c(n1)CNC2. The van der Waals surface area contributed by atoms with Crippen molar-refractivity contribution in [3.63, 3.8) is 0 Å². The lowest BCUT2D eigenvalue weighted by molar-refractivity contribution is -0.137. The molecule has 1 aliphatic heterocycles. The molecule has 0 spiro atoms. The molecule has 2 aromatic heterocycles. The van der Waals surface area contributed by atoms with Gasteiger partial charge in [0.05, 0.1) is 18.3 Å². The molecule has 11 heteroatoms. The van der Waals surface area contributed by atoms with E-state index in [-0.39, 0.29) is 4.90 Å². The number of nitrogens with zero attached hydrogens (tertiary/aromatic N) is 4. The second-order valence-corrected chi connectivity index (χ2v) is 6.68. The molecule has 0 bridgehead atoms. The fraction of sp³-hybridized carbons (Fsp3) is 0.455. The summed E-state index contributed by atoms with van der Waals surface area (Å²) < 4.78 is 63.0. The second-order valence-electron chi connectivity index (χ2n) is 4.89. The van der Waals surface area contributed by atoms with Crippen LogP contribution in [0.1, 0.15) is 17.7 Å². The average Bonchev–Trinajstić information content (AvgIpc) is 3.10. The molecule has 2 aromatic rings. The molecule has 0 atom stereocenters. The van der Waals surface area contributed by atoms with Crippen LogP contribution in [-0.2, 0) is 29.7 Å². The fourth-order valence-corrected chi connectivity index (χ4v) is 3.23. The van der Waals surface area contributed by atoms with Gasteiger partial charge in [0.2, 0.25) is 0 Å². The van der Waals surface area contributed by atoms with Gasteiger partial charge in [0.15, 0.2) is 0 Å². The first-order valence-electron chi connectivity index (χ1n) is 6.39. The molecule has 1 aliphatic rings. The number of nitrogens with one attached hydrogen (secondary N) is 1. The highest BCUT2D eigenvalue weighted by atomic mass is 32.2. The molecule has 7 nitrogen and oxygen atoms in total. The van der Waals surface area contributed by atoms with Crippen molar-refractivity contribution in [1.29, 1.82) is 0 Å². The maximum Gasteiger partial charge on any atom is 0.390 e. The van der Waals surface area contributed by atoms with Crippen LogP contribution in [0.15, 0.2) is 23.5 Å². The molecular formula is C11H12F3N5O2S. The Balaban J connectivity index is 1.82. The first-order chi connectivity index (χ1) is 10.3. The molecule has 0 amide bonds. The van der Waals surface area contributed by atoms with Gasteiger partial charge in [-0.05, 0) is 0 Å². The number of alkyl halides is 3. The van der Waals surface area contributed by atoms with E-state index in [1.807, 2.05) is 0 Å². The Morgan fingerprint density at radius 2 is 2.05 bits per heavy atom. The molecule has 0 saturated heterocycles. The van der Waals surface area contributed by atoms with Gasteiger partial charge in [0.25, 0.3) is 10.0 Å². The van der Waals surface area contributed by atoms with Gasteiger partial charge in [0, 0.05) is 37.6 Å². The van der Waals surface area contributed by atoms with Gasteiger partial charge in [-0.1, -0.05) is 0 Å². The Labute approximate surface area is 123 Å². The number of rotatable bonds is 4. The largest absolute Gasteiger partial charge is 0.390 e. The van der Waals surface area contributed by atoms with Crippen LogP contribution in [0.4, 0.5) is 13.2 Å². The Morgan fingerprint density at radius 1 is 1.27 bits per heavy atom. The summed E-state index contributed by atoms with van der Waals surface area (Å²) in [6, 6.07) is 0. The van der Waals surface area contributed by atoms with Gasteiger partial charge >= 0.3 is 6.18 Å². The van der Waals surface area contributed by atoms with Gasteiger partial charge in [-0.3, -0.25) is 4.68 Å². The van der Waals surface area contributed by atoms with Crippen molar-refractivity contribution in [2.45, 2.75) is 37.1 Å². The van der Waals surface area contributed by atoms with E-state index >= 15 is 0 Å². The van der Waals surface area contributed by atoms with Crippen molar-refractivity contribution in [3.05, 3.63) is 29.8 Å². The second kappa shape index (κ2) is 5.09. The van der Waals surface area contributed by atoms with E-state index < -0.39 is 29.2 Å². The maximum atomic E-state index is 12.4. The van der Waals surface area contributed by atoms with Crippen molar-refractivity contribution in [3.8, 4) is 0 Å². The predicted molar refractivity (Wildman–Crippen MR) is 68.3 cm³/mol. The molecule has 120 valence electrons. The molecule has 0 aliphatic carbocycles. The first-order valence-corrected chi connectivity index (χ1v) is 7.83. The zero-order chi connectivity index (χ0) is 16.0. The molecule has 0 fully saturated rings. The lowest BCUT2D eigenvalue weighted by atomic mass is 10.3. The molecule has 3 rings (SSSR count). The summed E-state index contributed by atoms with van der Waals surface area (Å²) in [6.07, 6.45) is -1.89. The Hall–Kier alpha value is -1.88. The van der Waals surface area contributed by atoms with Crippen LogP contribution >= 0.6 is 0 Å². The standard InChI is InChI=1S/C11H12F3N5O2S/c12-11(13,14)1-2-18-7-9(4-16-18)22(20,21)19-6-8-3-15-5-10(8)17-19/h4,6-7,15H,1-3,5H2. The summed E-state index contributed by atoms with van der Waals surface area (Å²) in [4.78, 5) is -0.191. The van der Waals surface area contributed by atoms with Crippen LogP contribution in [0.25, 0.3) is 0 Å². The Bertz CT molecular complexity index is 771. The summed E-state index contributed by atoms with van der Waals surface area (Å²) >= 11 is 0. The number of aryl methyl sites for hydroxylation is 1. The van der Waals surface area contributed by atoms with Crippen LogP contribution < -0.4 is 5.32 Å².